The normalized spacial score (nSPS) is 10.3. The fraction of sp³-hybridized carbons (Fsp3) is 0.462. The number of nitrogens with one attached hydrogen (secondary N) is 1. The first-order valence-electron chi connectivity index (χ1n) is 6.26. The standard InChI is InChI=1S/C13H20N2O4/c1-3-4-5-6-15-11-8-12(18-19-17)9(2)7-10(11)13(14)16/h7-8,15,17H,3-6H2,1-2H3,(H2,14,16). The lowest BCUT2D eigenvalue weighted by Gasteiger charge is -2.13. The molecule has 106 valence electrons. The number of primary amides is 1. The van der Waals surface area contributed by atoms with Gasteiger partial charge in [0, 0.05) is 12.6 Å². The molecule has 1 aromatic carbocycles. The van der Waals surface area contributed by atoms with Gasteiger partial charge in [-0.3, -0.25) is 4.79 Å². The molecule has 0 aromatic heterocycles. The van der Waals surface area contributed by atoms with Gasteiger partial charge < -0.3 is 15.9 Å². The van der Waals surface area contributed by atoms with Gasteiger partial charge in [0.15, 0.2) is 5.75 Å². The predicted octanol–water partition coefficient (Wildman–Crippen LogP) is 2.48. The van der Waals surface area contributed by atoms with Crippen molar-refractivity contribution in [2.24, 2.45) is 5.73 Å². The van der Waals surface area contributed by atoms with E-state index in [1.165, 1.54) is 0 Å². The molecule has 0 saturated heterocycles. The van der Waals surface area contributed by atoms with Crippen LogP contribution in [0, 0.1) is 6.92 Å². The Hall–Kier alpha value is -1.79. The molecular formula is C13H20N2O4. The molecule has 0 bridgehead atoms. The third-order valence-electron chi connectivity index (χ3n) is 2.80. The van der Waals surface area contributed by atoms with Crippen molar-refractivity contribution in [1.82, 2.24) is 0 Å². The van der Waals surface area contributed by atoms with E-state index in [9.17, 15) is 4.79 Å². The lowest BCUT2D eigenvalue weighted by molar-refractivity contribution is -0.439. The van der Waals surface area contributed by atoms with E-state index in [0.717, 1.165) is 25.8 Å². The van der Waals surface area contributed by atoms with E-state index in [-0.39, 0.29) is 0 Å². The van der Waals surface area contributed by atoms with Crippen LogP contribution >= 0.6 is 0 Å². The minimum Gasteiger partial charge on any atom is -0.384 e. The van der Waals surface area contributed by atoms with Gasteiger partial charge in [0.2, 0.25) is 0 Å². The Balaban J connectivity index is 2.90. The highest BCUT2D eigenvalue weighted by Crippen LogP contribution is 2.27. The first-order chi connectivity index (χ1) is 9.10. The van der Waals surface area contributed by atoms with Gasteiger partial charge in [0.1, 0.15) is 0 Å². The van der Waals surface area contributed by atoms with Crippen molar-refractivity contribution >= 4 is 11.6 Å². The molecule has 0 saturated carbocycles. The highest BCUT2D eigenvalue weighted by atomic mass is 17.5. The Morgan fingerprint density at radius 1 is 1.42 bits per heavy atom. The smallest absolute Gasteiger partial charge is 0.250 e. The van der Waals surface area contributed by atoms with Crippen molar-refractivity contribution in [3.05, 3.63) is 23.3 Å². The third kappa shape index (κ3) is 4.42. The third-order valence-corrected chi connectivity index (χ3v) is 2.80. The lowest BCUT2D eigenvalue weighted by Crippen LogP contribution is -2.15. The summed E-state index contributed by atoms with van der Waals surface area (Å²) in [6.45, 7) is 4.57. The average Bonchev–Trinajstić information content (AvgIpc) is 2.37. The number of nitrogens with two attached hydrogens (primary N) is 1. The summed E-state index contributed by atoms with van der Waals surface area (Å²) in [7, 11) is 0. The predicted molar refractivity (Wildman–Crippen MR) is 72.1 cm³/mol. The van der Waals surface area contributed by atoms with Gasteiger partial charge in [-0.2, -0.15) is 0 Å². The summed E-state index contributed by atoms with van der Waals surface area (Å²) in [6.07, 6.45) is 3.22. The van der Waals surface area contributed by atoms with Gasteiger partial charge in [-0.15, -0.1) is 0 Å². The fourth-order valence-electron chi connectivity index (χ4n) is 1.77. The maximum Gasteiger partial charge on any atom is 0.250 e. The van der Waals surface area contributed by atoms with Crippen molar-refractivity contribution in [3.8, 4) is 5.75 Å². The Labute approximate surface area is 112 Å². The van der Waals surface area contributed by atoms with Crippen molar-refractivity contribution in [2.75, 3.05) is 11.9 Å². The molecule has 0 fully saturated rings. The maximum atomic E-state index is 11.4. The number of benzene rings is 1. The summed E-state index contributed by atoms with van der Waals surface area (Å²) in [5.74, 6) is -0.192. The quantitative estimate of drug-likeness (QED) is 0.382. The Morgan fingerprint density at radius 3 is 2.74 bits per heavy atom. The molecule has 0 aliphatic carbocycles. The summed E-state index contributed by atoms with van der Waals surface area (Å²) in [4.78, 5) is 16.0. The highest BCUT2D eigenvalue weighted by molar-refractivity contribution is 5.99. The number of rotatable bonds is 8. The zero-order valence-corrected chi connectivity index (χ0v) is 11.2. The van der Waals surface area contributed by atoms with Gasteiger partial charge >= 0.3 is 0 Å². The first-order valence-corrected chi connectivity index (χ1v) is 6.26. The second kappa shape index (κ2) is 7.60. The second-order valence-electron chi connectivity index (χ2n) is 4.32. The van der Waals surface area contributed by atoms with E-state index < -0.39 is 5.91 Å². The number of amides is 1. The molecule has 1 aromatic rings. The van der Waals surface area contributed by atoms with Crippen LogP contribution in [0.2, 0.25) is 0 Å². The van der Waals surface area contributed by atoms with Gasteiger partial charge in [-0.05, 0) is 30.0 Å². The van der Waals surface area contributed by atoms with Crippen LogP contribution in [0.1, 0.15) is 42.1 Å². The molecule has 0 radical (unpaired) electrons. The van der Waals surface area contributed by atoms with E-state index in [1.807, 2.05) is 0 Å². The molecule has 0 unspecified atom stereocenters. The molecule has 0 atom stereocenters. The van der Waals surface area contributed by atoms with Crippen LogP contribution in [0.3, 0.4) is 0 Å². The number of hydrogen-bond donors (Lipinski definition) is 3. The van der Waals surface area contributed by atoms with Crippen molar-refractivity contribution in [3.63, 3.8) is 0 Å². The van der Waals surface area contributed by atoms with E-state index >= 15 is 0 Å². The van der Waals surface area contributed by atoms with Gasteiger partial charge in [-0.25, -0.2) is 5.26 Å². The molecule has 1 rings (SSSR count). The minimum atomic E-state index is -0.516. The monoisotopic (exact) mass is 268 g/mol. The summed E-state index contributed by atoms with van der Waals surface area (Å²) >= 11 is 0. The fourth-order valence-corrected chi connectivity index (χ4v) is 1.77. The van der Waals surface area contributed by atoms with Crippen molar-refractivity contribution in [2.45, 2.75) is 33.1 Å². The maximum absolute atomic E-state index is 11.4. The van der Waals surface area contributed by atoms with Crippen LogP contribution in [0.4, 0.5) is 5.69 Å². The minimum absolute atomic E-state index is 0.325. The molecule has 19 heavy (non-hydrogen) atoms. The number of anilines is 1. The SMILES string of the molecule is CCCCCNc1cc(OOO)c(C)cc1C(N)=O. The van der Waals surface area contributed by atoms with Crippen LogP contribution in [-0.2, 0) is 5.04 Å². The number of aryl methyl sites for hydroxylation is 1. The molecule has 6 heteroatoms. The second-order valence-corrected chi connectivity index (χ2v) is 4.32. The molecule has 0 spiro atoms. The van der Waals surface area contributed by atoms with Crippen LogP contribution in [0.5, 0.6) is 5.75 Å². The van der Waals surface area contributed by atoms with E-state index in [4.69, 9.17) is 11.0 Å². The molecule has 4 N–H and O–H groups in total. The zero-order chi connectivity index (χ0) is 14.3. The Bertz CT molecular complexity index is 435. The van der Waals surface area contributed by atoms with Gasteiger partial charge in [0.25, 0.3) is 5.91 Å². The van der Waals surface area contributed by atoms with E-state index in [1.54, 1.807) is 19.1 Å². The summed E-state index contributed by atoms with van der Waals surface area (Å²) in [5.41, 5.74) is 6.94. The highest BCUT2D eigenvalue weighted by Gasteiger charge is 2.13. The molecule has 0 aliphatic rings. The van der Waals surface area contributed by atoms with Gasteiger partial charge in [-0.1, -0.05) is 19.8 Å². The van der Waals surface area contributed by atoms with Gasteiger partial charge in [0.05, 0.1) is 11.3 Å². The van der Waals surface area contributed by atoms with Crippen LogP contribution in [0.25, 0.3) is 0 Å². The summed E-state index contributed by atoms with van der Waals surface area (Å²) in [5, 5.41) is 15.1. The van der Waals surface area contributed by atoms with Crippen molar-refractivity contribution < 1.29 is 20.0 Å². The summed E-state index contributed by atoms with van der Waals surface area (Å²) < 4.78 is 0. The molecular weight excluding hydrogens is 248 g/mol. The average molecular weight is 268 g/mol. The Kier molecular flexibility index (Phi) is 6.11. The molecule has 0 heterocycles. The zero-order valence-electron chi connectivity index (χ0n) is 11.2. The van der Waals surface area contributed by atoms with Crippen molar-refractivity contribution in [1.29, 1.82) is 0 Å². The molecule has 6 nitrogen and oxygen atoms in total. The topological polar surface area (TPSA) is 93.8 Å². The number of hydrogen-bond acceptors (Lipinski definition) is 5. The Morgan fingerprint density at radius 2 is 2.16 bits per heavy atom. The number of unbranched alkanes of at least 4 members (excludes halogenated alkanes) is 2. The molecule has 0 aliphatic heterocycles. The number of carbonyl (C=O) groups is 1. The largest absolute Gasteiger partial charge is 0.384 e. The summed E-state index contributed by atoms with van der Waals surface area (Å²) in [6, 6.07) is 3.18. The van der Waals surface area contributed by atoms with Crippen LogP contribution in [-0.4, -0.2) is 17.7 Å². The first kappa shape index (κ1) is 15.3. The number of carbonyl (C=O) groups excluding carboxylic acids is 1. The molecule has 1 amide bonds. The lowest BCUT2D eigenvalue weighted by atomic mass is 10.1. The van der Waals surface area contributed by atoms with E-state index in [0.29, 0.717) is 22.6 Å². The van der Waals surface area contributed by atoms with Crippen LogP contribution in [0.15, 0.2) is 12.1 Å². The van der Waals surface area contributed by atoms with E-state index in [2.05, 4.69) is 22.2 Å². The van der Waals surface area contributed by atoms with Crippen LogP contribution < -0.4 is 15.9 Å².